The van der Waals surface area contributed by atoms with Gasteiger partial charge in [0.05, 0.1) is 0 Å². The van der Waals surface area contributed by atoms with Gasteiger partial charge in [-0.05, 0) is 43.1 Å². The molecule has 90 valence electrons. The van der Waals surface area contributed by atoms with Gasteiger partial charge in [0.15, 0.2) is 0 Å². The second-order valence-electron chi connectivity index (χ2n) is 6.29. The van der Waals surface area contributed by atoms with Gasteiger partial charge in [-0.3, -0.25) is 0 Å². The van der Waals surface area contributed by atoms with Crippen molar-refractivity contribution < 1.29 is 0 Å². The Bertz CT molecular complexity index is 189. The fourth-order valence-corrected chi connectivity index (χ4v) is 1.88. The molecule has 2 nitrogen and oxygen atoms in total. The van der Waals surface area contributed by atoms with Crippen molar-refractivity contribution in [2.75, 3.05) is 13.1 Å². The second kappa shape index (κ2) is 4.84. The highest BCUT2D eigenvalue weighted by Gasteiger charge is 2.39. The number of rotatable bonds is 6. The minimum Gasteiger partial charge on any atom is -0.327 e. The maximum atomic E-state index is 6.11. The summed E-state index contributed by atoms with van der Waals surface area (Å²) in [5.74, 6) is 0. The zero-order valence-electron chi connectivity index (χ0n) is 10.9. The summed E-state index contributed by atoms with van der Waals surface area (Å²) in [5, 5.41) is 3.56. The smallest absolute Gasteiger partial charge is 0.00997 e. The lowest BCUT2D eigenvalue weighted by atomic mass is 9.85. The fourth-order valence-electron chi connectivity index (χ4n) is 1.88. The van der Waals surface area contributed by atoms with Crippen molar-refractivity contribution in [3.8, 4) is 0 Å². The summed E-state index contributed by atoms with van der Waals surface area (Å²) in [7, 11) is 0. The molecule has 1 unspecified atom stereocenters. The largest absolute Gasteiger partial charge is 0.327 e. The molecular formula is C13H28N2. The average molecular weight is 212 g/mol. The van der Waals surface area contributed by atoms with E-state index >= 15 is 0 Å². The van der Waals surface area contributed by atoms with Gasteiger partial charge in [0, 0.05) is 12.6 Å². The Kier molecular flexibility index (Phi) is 4.19. The third kappa shape index (κ3) is 4.12. The van der Waals surface area contributed by atoms with Crippen molar-refractivity contribution >= 4 is 0 Å². The molecule has 0 aromatic heterocycles. The van der Waals surface area contributed by atoms with E-state index in [1.807, 2.05) is 0 Å². The lowest BCUT2D eigenvalue weighted by Crippen LogP contribution is -2.38. The number of nitrogens with two attached hydrogens (primary N) is 1. The highest BCUT2D eigenvalue weighted by atomic mass is 14.9. The maximum Gasteiger partial charge on any atom is 0.00997 e. The predicted octanol–water partition coefficient (Wildman–Crippen LogP) is 2.53. The molecule has 1 aliphatic rings. The first-order valence-electron chi connectivity index (χ1n) is 6.36. The Hall–Kier alpha value is -0.0800. The third-order valence-corrected chi connectivity index (χ3v) is 3.95. The Morgan fingerprint density at radius 1 is 1.33 bits per heavy atom. The van der Waals surface area contributed by atoms with Crippen LogP contribution in [0.5, 0.6) is 0 Å². The van der Waals surface area contributed by atoms with E-state index in [9.17, 15) is 0 Å². The van der Waals surface area contributed by atoms with Crippen LogP contribution in [0.25, 0.3) is 0 Å². The summed E-state index contributed by atoms with van der Waals surface area (Å²) in [5.41, 5.74) is 7.01. The van der Waals surface area contributed by atoms with E-state index in [-0.39, 0.29) is 5.41 Å². The molecule has 0 aromatic rings. The number of nitrogens with one attached hydrogen (secondary N) is 1. The lowest BCUT2D eigenvalue weighted by Gasteiger charge is -2.27. The zero-order valence-corrected chi connectivity index (χ0v) is 10.9. The van der Waals surface area contributed by atoms with E-state index in [4.69, 9.17) is 5.73 Å². The van der Waals surface area contributed by atoms with Crippen LogP contribution in [0, 0.1) is 10.8 Å². The molecule has 1 saturated carbocycles. The van der Waals surface area contributed by atoms with Gasteiger partial charge in [-0.25, -0.2) is 0 Å². The summed E-state index contributed by atoms with van der Waals surface area (Å²) in [6.07, 6.45) is 5.25. The zero-order chi connectivity index (χ0) is 11.5. The molecule has 2 heteroatoms. The van der Waals surface area contributed by atoms with Gasteiger partial charge in [0.2, 0.25) is 0 Å². The van der Waals surface area contributed by atoms with Crippen molar-refractivity contribution in [3.05, 3.63) is 0 Å². The molecule has 1 rings (SSSR count). The minimum atomic E-state index is 0.240. The monoisotopic (exact) mass is 212 g/mol. The van der Waals surface area contributed by atoms with Crippen molar-refractivity contribution in [2.45, 2.75) is 59.4 Å². The predicted molar refractivity (Wildman–Crippen MR) is 66.9 cm³/mol. The summed E-state index contributed by atoms with van der Waals surface area (Å²) in [6, 6.07) is 0.307. The molecule has 1 atom stereocenters. The van der Waals surface area contributed by atoms with E-state index < -0.39 is 0 Å². The van der Waals surface area contributed by atoms with Gasteiger partial charge in [-0.2, -0.15) is 0 Å². The summed E-state index contributed by atoms with van der Waals surface area (Å²) >= 11 is 0. The minimum absolute atomic E-state index is 0.240. The number of hydrogen-bond acceptors (Lipinski definition) is 2. The molecule has 0 radical (unpaired) electrons. The van der Waals surface area contributed by atoms with Crippen LogP contribution in [0.15, 0.2) is 0 Å². The van der Waals surface area contributed by atoms with Gasteiger partial charge in [0.1, 0.15) is 0 Å². The highest BCUT2D eigenvalue weighted by Crippen LogP contribution is 2.47. The normalized spacial score (nSPS) is 21.4. The second-order valence-corrected chi connectivity index (χ2v) is 6.29. The highest BCUT2D eigenvalue weighted by molar-refractivity contribution is 4.93. The van der Waals surface area contributed by atoms with E-state index in [0.29, 0.717) is 11.5 Å². The van der Waals surface area contributed by atoms with E-state index in [0.717, 1.165) is 13.0 Å². The topological polar surface area (TPSA) is 38.0 Å². The van der Waals surface area contributed by atoms with E-state index in [1.165, 1.54) is 25.8 Å². The Balaban J connectivity index is 2.07. The van der Waals surface area contributed by atoms with Crippen molar-refractivity contribution in [2.24, 2.45) is 16.6 Å². The molecular weight excluding hydrogens is 184 g/mol. The average Bonchev–Trinajstić information content (AvgIpc) is 2.91. The first-order valence-corrected chi connectivity index (χ1v) is 6.36. The third-order valence-electron chi connectivity index (χ3n) is 3.95. The molecule has 0 aliphatic heterocycles. The fraction of sp³-hybridized carbons (Fsp3) is 1.00. The van der Waals surface area contributed by atoms with Crippen LogP contribution in [0.2, 0.25) is 0 Å². The molecule has 0 heterocycles. The van der Waals surface area contributed by atoms with Gasteiger partial charge < -0.3 is 11.1 Å². The molecule has 0 aromatic carbocycles. The quantitative estimate of drug-likeness (QED) is 0.664. The lowest BCUT2D eigenvalue weighted by molar-refractivity contribution is 0.299. The van der Waals surface area contributed by atoms with Crippen molar-refractivity contribution in [1.82, 2.24) is 5.32 Å². The van der Waals surface area contributed by atoms with Crippen LogP contribution in [0.1, 0.15) is 53.4 Å². The molecule has 1 fully saturated rings. The van der Waals surface area contributed by atoms with Gasteiger partial charge in [-0.1, -0.05) is 27.7 Å². The molecule has 0 spiro atoms. The standard InChI is InChI=1S/C13H28N2/c1-5-13(7-8-13)10-15-9-6-11(14)12(2,3)4/h11,15H,5-10,14H2,1-4H3. The molecule has 0 bridgehead atoms. The molecule has 0 amide bonds. The van der Waals surface area contributed by atoms with E-state index in [1.54, 1.807) is 0 Å². The maximum absolute atomic E-state index is 6.11. The van der Waals surface area contributed by atoms with Crippen LogP contribution in [0.4, 0.5) is 0 Å². The van der Waals surface area contributed by atoms with Crippen LogP contribution in [-0.4, -0.2) is 19.1 Å². The molecule has 3 N–H and O–H groups in total. The van der Waals surface area contributed by atoms with Gasteiger partial charge in [0.25, 0.3) is 0 Å². The van der Waals surface area contributed by atoms with Crippen LogP contribution >= 0.6 is 0 Å². The Morgan fingerprint density at radius 2 is 1.93 bits per heavy atom. The van der Waals surface area contributed by atoms with Crippen molar-refractivity contribution in [3.63, 3.8) is 0 Å². The molecule has 0 saturated heterocycles. The summed E-state index contributed by atoms with van der Waals surface area (Å²) in [4.78, 5) is 0. The van der Waals surface area contributed by atoms with Crippen LogP contribution in [-0.2, 0) is 0 Å². The molecule has 1 aliphatic carbocycles. The first-order chi connectivity index (χ1) is 6.90. The molecule has 15 heavy (non-hydrogen) atoms. The van der Waals surface area contributed by atoms with E-state index in [2.05, 4.69) is 33.0 Å². The van der Waals surface area contributed by atoms with Gasteiger partial charge >= 0.3 is 0 Å². The first kappa shape index (κ1) is 13.0. The van der Waals surface area contributed by atoms with Crippen molar-refractivity contribution in [1.29, 1.82) is 0 Å². The van der Waals surface area contributed by atoms with Crippen LogP contribution < -0.4 is 11.1 Å². The van der Waals surface area contributed by atoms with Crippen LogP contribution in [0.3, 0.4) is 0 Å². The van der Waals surface area contributed by atoms with Gasteiger partial charge in [-0.15, -0.1) is 0 Å². The summed E-state index contributed by atoms with van der Waals surface area (Å²) in [6.45, 7) is 11.2. The number of hydrogen-bond donors (Lipinski definition) is 2. The summed E-state index contributed by atoms with van der Waals surface area (Å²) < 4.78 is 0. The SMILES string of the molecule is CCC1(CNCCC(N)C(C)(C)C)CC1. The Morgan fingerprint density at radius 3 is 2.33 bits per heavy atom. The Labute approximate surface area is 95.0 Å².